The zero-order chi connectivity index (χ0) is 13.9. The van der Waals surface area contributed by atoms with Gasteiger partial charge in [0.15, 0.2) is 0 Å². The number of carboxylic acids is 1. The van der Waals surface area contributed by atoms with Crippen molar-refractivity contribution >= 4 is 17.3 Å². The fourth-order valence-corrected chi connectivity index (χ4v) is 1.65. The van der Waals surface area contributed by atoms with E-state index in [-0.39, 0.29) is 5.69 Å². The maximum atomic E-state index is 13.6. The Hall–Kier alpha value is -1.78. The van der Waals surface area contributed by atoms with Gasteiger partial charge in [0.1, 0.15) is 5.82 Å². The van der Waals surface area contributed by atoms with Gasteiger partial charge in [-0.15, -0.1) is 0 Å². The molecule has 4 nitrogen and oxygen atoms in total. The second-order valence-corrected chi connectivity index (χ2v) is 4.80. The Morgan fingerprint density at radius 3 is 2.61 bits per heavy atom. The highest BCUT2D eigenvalue weighted by Crippen LogP contribution is 2.26. The van der Waals surface area contributed by atoms with Crippen LogP contribution in [0.5, 0.6) is 0 Å². The Balaban J connectivity index is 2.96. The lowest BCUT2D eigenvalue weighted by atomic mass is 10.1. The van der Waals surface area contributed by atoms with Crippen LogP contribution in [0.1, 0.15) is 30.6 Å². The van der Waals surface area contributed by atoms with Gasteiger partial charge in [-0.05, 0) is 18.4 Å². The molecule has 5 heteroatoms. The Labute approximate surface area is 106 Å². The van der Waals surface area contributed by atoms with E-state index in [9.17, 15) is 9.18 Å². The Morgan fingerprint density at radius 2 is 2.11 bits per heavy atom. The van der Waals surface area contributed by atoms with E-state index in [0.717, 1.165) is 13.0 Å². The quantitative estimate of drug-likeness (QED) is 0.792. The summed E-state index contributed by atoms with van der Waals surface area (Å²) in [6.45, 7) is 4.95. The number of benzene rings is 1. The highest BCUT2D eigenvalue weighted by molar-refractivity contribution is 5.90. The van der Waals surface area contributed by atoms with Crippen molar-refractivity contribution in [2.75, 3.05) is 24.2 Å². The molecule has 0 atom stereocenters. The van der Waals surface area contributed by atoms with Crippen LogP contribution in [0.15, 0.2) is 12.1 Å². The molecule has 0 aliphatic carbocycles. The fraction of sp³-hybridized carbons (Fsp3) is 0.462. The number of nitrogens with two attached hydrogens (primary N) is 1. The minimum absolute atomic E-state index is 0.278. The number of halogens is 1. The summed E-state index contributed by atoms with van der Waals surface area (Å²) in [5.41, 5.74) is 6.17. The normalized spacial score (nSPS) is 10.7. The number of rotatable bonds is 5. The van der Waals surface area contributed by atoms with Crippen LogP contribution in [-0.4, -0.2) is 24.7 Å². The summed E-state index contributed by atoms with van der Waals surface area (Å²) in [6, 6.07) is 2.35. The minimum atomic E-state index is -1.31. The van der Waals surface area contributed by atoms with Crippen LogP contribution in [-0.2, 0) is 0 Å². The molecule has 0 amide bonds. The molecule has 0 unspecified atom stereocenters. The van der Waals surface area contributed by atoms with E-state index in [0.29, 0.717) is 11.6 Å². The van der Waals surface area contributed by atoms with E-state index in [4.69, 9.17) is 10.8 Å². The predicted molar refractivity (Wildman–Crippen MR) is 70.5 cm³/mol. The van der Waals surface area contributed by atoms with Gasteiger partial charge in [0, 0.05) is 19.7 Å². The molecule has 0 saturated heterocycles. The van der Waals surface area contributed by atoms with Crippen LogP contribution in [0, 0.1) is 11.7 Å². The van der Waals surface area contributed by atoms with Crippen LogP contribution in [0.3, 0.4) is 0 Å². The molecular weight excluding hydrogens is 235 g/mol. The predicted octanol–water partition coefficient (Wildman–Crippen LogP) is 2.59. The highest BCUT2D eigenvalue weighted by atomic mass is 19.1. The third-order valence-electron chi connectivity index (χ3n) is 2.80. The molecule has 3 N–H and O–H groups in total. The van der Waals surface area contributed by atoms with Crippen LogP contribution >= 0.6 is 0 Å². The molecule has 0 aliphatic heterocycles. The van der Waals surface area contributed by atoms with Crippen LogP contribution < -0.4 is 10.6 Å². The summed E-state index contributed by atoms with van der Waals surface area (Å²) in [5.74, 6) is -1.53. The first-order valence-corrected chi connectivity index (χ1v) is 5.86. The van der Waals surface area contributed by atoms with Gasteiger partial charge >= 0.3 is 5.97 Å². The molecular formula is C13H19FN2O2. The Morgan fingerprint density at radius 1 is 1.50 bits per heavy atom. The molecule has 0 radical (unpaired) electrons. The molecule has 0 saturated carbocycles. The Kier molecular flexibility index (Phi) is 4.53. The SMILES string of the molecule is CC(C)CCN(C)c1cc(F)c(C(=O)O)cc1N. The lowest BCUT2D eigenvalue weighted by molar-refractivity contribution is 0.0692. The van der Waals surface area contributed by atoms with Crippen molar-refractivity contribution in [3.05, 3.63) is 23.5 Å². The van der Waals surface area contributed by atoms with Gasteiger partial charge in [-0.25, -0.2) is 9.18 Å². The molecule has 0 aromatic heterocycles. The first kappa shape index (κ1) is 14.3. The molecule has 1 rings (SSSR count). The summed E-state index contributed by atoms with van der Waals surface area (Å²) in [7, 11) is 1.81. The van der Waals surface area contributed by atoms with E-state index in [1.807, 2.05) is 11.9 Å². The van der Waals surface area contributed by atoms with Crippen molar-refractivity contribution in [2.24, 2.45) is 5.92 Å². The zero-order valence-corrected chi connectivity index (χ0v) is 10.9. The molecule has 0 aliphatic rings. The summed E-state index contributed by atoms with van der Waals surface area (Å²) in [6.07, 6.45) is 0.957. The van der Waals surface area contributed by atoms with E-state index >= 15 is 0 Å². The lowest BCUT2D eigenvalue weighted by Gasteiger charge is -2.22. The van der Waals surface area contributed by atoms with Gasteiger partial charge in [0.05, 0.1) is 16.9 Å². The minimum Gasteiger partial charge on any atom is -0.478 e. The van der Waals surface area contributed by atoms with Crippen molar-refractivity contribution < 1.29 is 14.3 Å². The summed E-state index contributed by atoms with van der Waals surface area (Å²) >= 11 is 0. The van der Waals surface area contributed by atoms with Crippen LogP contribution in [0.2, 0.25) is 0 Å². The molecule has 0 heterocycles. The summed E-state index contributed by atoms with van der Waals surface area (Å²) < 4.78 is 13.6. The van der Waals surface area contributed by atoms with E-state index < -0.39 is 17.3 Å². The topological polar surface area (TPSA) is 66.6 Å². The number of hydrogen-bond acceptors (Lipinski definition) is 3. The van der Waals surface area contributed by atoms with Gasteiger partial charge < -0.3 is 15.7 Å². The highest BCUT2D eigenvalue weighted by Gasteiger charge is 2.15. The van der Waals surface area contributed by atoms with Crippen molar-refractivity contribution in [3.8, 4) is 0 Å². The molecule has 18 heavy (non-hydrogen) atoms. The average Bonchev–Trinajstić information content (AvgIpc) is 2.28. The van der Waals surface area contributed by atoms with Crippen molar-refractivity contribution in [2.45, 2.75) is 20.3 Å². The van der Waals surface area contributed by atoms with Gasteiger partial charge in [0.25, 0.3) is 0 Å². The lowest BCUT2D eigenvalue weighted by Crippen LogP contribution is -2.21. The van der Waals surface area contributed by atoms with Gasteiger partial charge in [-0.1, -0.05) is 13.8 Å². The van der Waals surface area contributed by atoms with E-state index in [1.165, 1.54) is 12.1 Å². The fourth-order valence-electron chi connectivity index (χ4n) is 1.65. The third-order valence-corrected chi connectivity index (χ3v) is 2.80. The monoisotopic (exact) mass is 254 g/mol. The van der Waals surface area contributed by atoms with Crippen molar-refractivity contribution in [3.63, 3.8) is 0 Å². The van der Waals surface area contributed by atoms with Crippen LogP contribution in [0.25, 0.3) is 0 Å². The number of aromatic carboxylic acids is 1. The van der Waals surface area contributed by atoms with Crippen LogP contribution in [0.4, 0.5) is 15.8 Å². The third kappa shape index (κ3) is 3.35. The smallest absolute Gasteiger partial charge is 0.338 e. The number of carboxylic acid groups (broad SMARTS) is 1. The molecule has 1 aromatic rings. The second kappa shape index (κ2) is 5.71. The van der Waals surface area contributed by atoms with Crippen molar-refractivity contribution in [1.82, 2.24) is 0 Å². The van der Waals surface area contributed by atoms with Gasteiger partial charge in [-0.3, -0.25) is 0 Å². The molecule has 0 fully saturated rings. The second-order valence-electron chi connectivity index (χ2n) is 4.80. The largest absolute Gasteiger partial charge is 0.478 e. The maximum absolute atomic E-state index is 13.6. The van der Waals surface area contributed by atoms with Crippen molar-refractivity contribution in [1.29, 1.82) is 0 Å². The van der Waals surface area contributed by atoms with Gasteiger partial charge in [0.2, 0.25) is 0 Å². The zero-order valence-electron chi connectivity index (χ0n) is 10.9. The number of hydrogen-bond donors (Lipinski definition) is 2. The first-order valence-electron chi connectivity index (χ1n) is 5.86. The standard InChI is InChI=1S/C13H19FN2O2/c1-8(2)4-5-16(3)12-7-10(14)9(13(17)18)6-11(12)15/h6-8H,4-5,15H2,1-3H3,(H,17,18). The number of carbonyl (C=O) groups is 1. The van der Waals surface area contributed by atoms with E-state index in [1.54, 1.807) is 0 Å². The average molecular weight is 254 g/mol. The first-order chi connectivity index (χ1) is 8.32. The number of nitrogen functional groups attached to an aromatic ring is 1. The summed E-state index contributed by atoms with van der Waals surface area (Å²) in [4.78, 5) is 12.6. The molecule has 100 valence electrons. The van der Waals surface area contributed by atoms with E-state index in [2.05, 4.69) is 13.8 Å². The molecule has 0 bridgehead atoms. The van der Waals surface area contributed by atoms with Gasteiger partial charge in [-0.2, -0.15) is 0 Å². The molecule has 1 aromatic carbocycles. The molecule has 0 spiro atoms. The Bertz CT molecular complexity index is 447. The summed E-state index contributed by atoms with van der Waals surface area (Å²) in [5, 5.41) is 8.79. The number of nitrogens with zero attached hydrogens (tertiary/aromatic N) is 1. The maximum Gasteiger partial charge on any atom is 0.338 e. The number of anilines is 2.